The second kappa shape index (κ2) is 8.27. The van der Waals surface area contributed by atoms with Crippen molar-refractivity contribution in [3.05, 3.63) is 46.9 Å². The van der Waals surface area contributed by atoms with Crippen molar-refractivity contribution in [2.75, 3.05) is 11.9 Å². The van der Waals surface area contributed by atoms with Crippen LogP contribution in [0.4, 0.5) is 11.5 Å². The number of aryl methyl sites for hydroxylation is 1. The maximum Gasteiger partial charge on any atom is 0.271 e. The minimum Gasteiger partial charge on any atom is -0.364 e. The van der Waals surface area contributed by atoms with Crippen LogP contribution in [0.3, 0.4) is 0 Å². The summed E-state index contributed by atoms with van der Waals surface area (Å²) in [5, 5.41) is 3.21. The van der Waals surface area contributed by atoms with Crippen LogP contribution in [0.2, 0.25) is 0 Å². The molecule has 1 aromatic heterocycles. The van der Waals surface area contributed by atoms with Crippen molar-refractivity contribution in [1.29, 1.82) is 0 Å². The molecule has 0 bridgehead atoms. The monoisotopic (exact) mass is 361 g/mol. The molecule has 1 fully saturated rings. The maximum atomic E-state index is 11.8. The Kier molecular flexibility index (Phi) is 6.33. The first-order chi connectivity index (χ1) is 11.6. The fraction of sp³-hybridized carbons (Fsp3) is 0.389. The van der Waals surface area contributed by atoms with Gasteiger partial charge in [0.25, 0.3) is 5.91 Å². The van der Waals surface area contributed by atoms with Gasteiger partial charge in [-0.05, 0) is 49.9 Å². The number of rotatable bonds is 7. The molecule has 0 spiro atoms. The summed E-state index contributed by atoms with van der Waals surface area (Å²) >= 11 is 0. The molecule has 2 aromatic rings. The lowest BCUT2D eigenvalue weighted by Crippen LogP contribution is -2.19. The molecule has 5 N–H and O–H groups in total. The summed E-state index contributed by atoms with van der Waals surface area (Å²) in [4.78, 5) is 21.0. The van der Waals surface area contributed by atoms with E-state index in [2.05, 4.69) is 10.3 Å². The number of carbonyl (C=O) groups is 1. The highest BCUT2D eigenvalue weighted by molar-refractivity contribution is 5.96. The maximum absolute atomic E-state index is 11.8. The number of nitrogens with zero attached hydrogens (tertiary/aromatic N) is 2. The van der Waals surface area contributed by atoms with E-state index in [0.29, 0.717) is 18.3 Å². The molecule has 3 rings (SSSR count). The van der Waals surface area contributed by atoms with Crippen molar-refractivity contribution in [2.24, 2.45) is 11.5 Å². The van der Waals surface area contributed by atoms with Crippen LogP contribution in [0, 0.1) is 0 Å². The number of nitrogens with two attached hydrogens (primary N) is 2. The molecular formula is C18H24ClN5O. The molecule has 1 saturated carbocycles. The van der Waals surface area contributed by atoms with Crippen molar-refractivity contribution >= 4 is 29.8 Å². The van der Waals surface area contributed by atoms with E-state index < -0.39 is 5.91 Å². The van der Waals surface area contributed by atoms with Gasteiger partial charge >= 0.3 is 0 Å². The summed E-state index contributed by atoms with van der Waals surface area (Å²) in [6.07, 6.45) is 3.80. The van der Waals surface area contributed by atoms with Gasteiger partial charge in [0, 0.05) is 11.6 Å². The SMILES string of the molecule is CCc1nc(C(N)=O)c(Nc2cccc(CCN)c2)nc1C1CC1.Cl. The van der Waals surface area contributed by atoms with Crippen LogP contribution < -0.4 is 16.8 Å². The van der Waals surface area contributed by atoms with Crippen molar-refractivity contribution in [3.63, 3.8) is 0 Å². The predicted molar refractivity (Wildman–Crippen MR) is 102 cm³/mol. The lowest BCUT2D eigenvalue weighted by atomic mass is 10.1. The highest BCUT2D eigenvalue weighted by atomic mass is 35.5. The minimum atomic E-state index is -0.569. The molecule has 25 heavy (non-hydrogen) atoms. The first-order valence-electron chi connectivity index (χ1n) is 8.39. The van der Waals surface area contributed by atoms with Crippen LogP contribution in [0.1, 0.15) is 53.1 Å². The molecule has 1 amide bonds. The van der Waals surface area contributed by atoms with Crippen LogP contribution in [-0.2, 0) is 12.8 Å². The number of halogens is 1. The zero-order chi connectivity index (χ0) is 17.1. The van der Waals surface area contributed by atoms with Gasteiger partial charge in [0.05, 0.1) is 11.4 Å². The lowest BCUT2D eigenvalue weighted by Gasteiger charge is -2.14. The van der Waals surface area contributed by atoms with E-state index in [1.54, 1.807) is 0 Å². The molecule has 7 heteroatoms. The third kappa shape index (κ3) is 4.46. The lowest BCUT2D eigenvalue weighted by molar-refractivity contribution is 0.0996. The molecule has 1 aliphatic rings. The summed E-state index contributed by atoms with van der Waals surface area (Å²) in [6, 6.07) is 7.91. The van der Waals surface area contributed by atoms with Crippen molar-refractivity contribution in [3.8, 4) is 0 Å². The Balaban J connectivity index is 0.00000225. The summed E-state index contributed by atoms with van der Waals surface area (Å²) < 4.78 is 0. The van der Waals surface area contributed by atoms with Crippen LogP contribution in [-0.4, -0.2) is 22.4 Å². The summed E-state index contributed by atoms with van der Waals surface area (Å²) in [5.74, 6) is 0.324. The Labute approximate surface area is 153 Å². The highest BCUT2D eigenvalue weighted by Crippen LogP contribution is 2.41. The largest absolute Gasteiger partial charge is 0.364 e. The number of anilines is 2. The van der Waals surface area contributed by atoms with Gasteiger partial charge in [-0.15, -0.1) is 12.4 Å². The van der Waals surface area contributed by atoms with E-state index in [-0.39, 0.29) is 18.1 Å². The summed E-state index contributed by atoms with van der Waals surface area (Å²) in [5.41, 5.74) is 15.2. The fourth-order valence-corrected chi connectivity index (χ4v) is 2.79. The number of hydrogen-bond donors (Lipinski definition) is 3. The van der Waals surface area contributed by atoms with Gasteiger partial charge in [-0.2, -0.15) is 0 Å². The van der Waals surface area contributed by atoms with E-state index in [4.69, 9.17) is 16.5 Å². The third-order valence-corrected chi connectivity index (χ3v) is 4.15. The van der Waals surface area contributed by atoms with Gasteiger partial charge in [-0.25, -0.2) is 9.97 Å². The predicted octanol–water partition coefficient (Wildman–Crippen LogP) is 2.68. The Morgan fingerprint density at radius 2 is 2.08 bits per heavy atom. The van der Waals surface area contributed by atoms with Gasteiger partial charge < -0.3 is 16.8 Å². The van der Waals surface area contributed by atoms with E-state index in [0.717, 1.165) is 48.3 Å². The summed E-state index contributed by atoms with van der Waals surface area (Å²) in [6.45, 7) is 2.61. The number of benzene rings is 1. The van der Waals surface area contributed by atoms with Crippen LogP contribution in [0.25, 0.3) is 0 Å². The molecule has 0 saturated heterocycles. The molecule has 1 aromatic carbocycles. The Bertz CT molecular complexity index is 761. The number of carbonyl (C=O) groups excluding carboxylic acids is 1. The quantitative estimate of drug-likeness (QED) is 0.702. The topological polar surface area (TPSA) is 107 Å². The molecule has 0 atom stereocenters. The normalized spacial score (nSPS) is 13.2. The zero-order valence-corrected chi connectivity index (χ0v) is 15.1. The first-order valence-corrected chi connectivity index (χ1v) is 8.39. The number of hydrogen-bond acceptors (Lipinski definition) is 5. The second-order valence-electron chi connectivity index (χ2n) is 6.11. The standard InChI is InChI=1S/C18H23N5O.ClH/c1-2-14-15(12-6-7-12)23-18(16(22-14)17(20)24)21-13-5-3-4-11(10-13)8-9-19;/h3-5,10,12H,2,6-9,19H2,1H3,(H2,20,24)(H,21,23);1H. The van der Waals surface area contributed by atoms with Gasteiger partial charge in [0.1, 0.15) is 0 Å². The van der Waals surface area contributed by atoms with E-state index >= 15 is 0 Å². The minimum absolute atomic E-state index is 0. The molecule has 6 nitrogen and oxygen atoms in total. The average molecular weight is 362 g/mol. The molecular weight excluding hydrogens is 338 g/mol. The zero-order valence-electron chi connectivity index (χ0n) is 14.3. The molecule has 0 aliphatic heterocycles. The third-order valence-electron chi connectivity index (χ3n) is 4.15. The molecule has 0 unspecified atom stereocenters. The van der Waals surface area contributed by atoms with Crippen LogP contribution in [0.5, 0.6) is 0 Å². The Hall–Kier alpha value is -2.18. The first kappa shape index (κ1) is 19.1. The fourth-order valence-electron chi connectivity index (χ4n) is 2.79. The Morgan fingerprint density at radius 1 is 1.32 bits per heavy atom. The van der Waals surface area contributed by atoms with Gasteiger partial charge in [-0.1, -0.05) is 19.1 Å². The smallest absolute Gasteiger partial charge is 0.271 e. The molecule has 134 valence electrons. The van der Waals surface area contributed by atoms with Crippen molar-refractivity contribution in [2.45, 2.75) is 38.5 Å². The van der Waals surface area contributed by atoms with Gasteiger partial charge in [0.2, 0.25) is 0 Å². The molecule has 1 aliphatic carbocycles. The number of primary amides is 1. The van der Waals surface area contributed by atoms with E-state index in [9.17, 15) is 4.79 Å². The Morgan fingerprint density at radius 3 is 2.68 bits per heavy atom. The van der Waals surface area contributed by atoms with Gasteiger partial charge in [0.15, 0.2) is 11.5 Å². The highest BCUT2D eigenvalue weighted by Gasteiger charge is 2.30. The van der Waals surface area contributed by atoms with Crippen LogP contribution in [0.15, 0.2) is 24.3 Å². The van der Waals surface area contributed by atoms with Crippen LogP contribution >= 0.6 is 12.4 Å². The summed E-state index contributed by atoms with van der Waals surface area (Å²) in [7, 11) is 0. The number of nitrogens with one attached hydrogen (secondary N) is 1. The molecule has 1 heterocycles. The van der Waals surface area contributed by atoms with E-state index in [1.165, 1.54) is 0 Å². The molecule has 0 radical (unpaired) electrons. The average Bonchev–Trinajstić information content (AvgIpc) is 3.40. The van der Waals surface area contributed by atoms with Crippen molar-refractivity contribution < 1.29 is 4.79 Å². The van der Waals surface area contributed by atoms with E-state index in [1.807, 2.05) is 31.2 Å². The van der Waals surface area contributed by atoms with Crippen molar-refractivity contribution in [1.82, 2.24) is 9.97 Å². The number of aromatic nitrogens is 2. The number of amides is 1. The van der Waals surface area contributed by atoms with Gasteiger partial charge in [-0.3, -0.25) is 4.79 Å². The second-order valence-corrected chi connectivity index (χ2v) is 6.11.